The van der Waals surface area contributed by atoms with Gasteiger partial charge in [0.15, 0.2) is 0 Å². The molecule has 17 heavy (non-hydrogen) atoms. The molecule has 0 radical (unpaired) electrons. The number of rotatable bonds is 2. The molecule has 90 valence electrons. The van der Waals surface area contributed by atoms with Crippen LogP contribution in [0.5, 0.6) is 0 Å². The summed E-state index contributed by atoms with van der Waals surface area (Å²) in [6.07, 6.45) is 0. The lowest BCUT2D eigenvalue weighted by molar-refractivity contribution is 0.561. The van der Waals surface area contributed by atoms with E-state index in [0.717, 1.165) is 6.07 Å². The van der Waals surface area contributed by atoms with Crippen LogP contribution < -0.4 is 5.73 Å². The fraction of sp³-hybridized carbons (Fsp3) is 0.167. The van der Waals surface area contributed by atoms with Gasteiger partial charge in [-0.3, -0.25) is 0 Å². The quantitative estimate of drug-likeness (QED) is 0.878. The molecular weight excluding hydrogens is 264 g/mol. The topological polar surface area (TPSA) is 26.0 Å². The third kappa shape index (κ3) is 2.34. The highest BCUT2D eigenvalue weighted by atomic mass is 35.5. The summed E-state index contributed by atoms with van der Waals surface area (Å²) in [7, 11) is 0. The van der Waals surface area contributed by atoms with Gasteiger partial charge in [-0.25, -0.2) is 8.78 Å². The van der Waals surface area contributed by atoms with Crippen molar-refractivity contribution in [3.8, 4) is 0 Å². The standard InChI is InChI=1S/C12H10ClF2NS/c1-6-4-7(10(15)5-9(6)14)11(16)12-8(13)2-3-17-12/h2-5,11H,16H2,1H3. The van der Waals surface area contributed by atoms with Crippen molar-refractivity contribution in [1.82, 2.24) is 0 Å². The van der Waals surface area contributed by atoms with Crippen molar-refractivity contribution in [3.63, 3.8) is 0 Å². The van der Waals surface area contributed by atoms with E-state index in [1.807, 2.05) is 0 Å². The summed E-state index contributed by atoms with van der Waals surface area (Å²) >= 11 is 7.30. The minimum atomic E-state index is -0.665. The van der Waals surface area contributed by atoms with Gasteiger partial charge in [0.1, 0.15) is 11.6 Å². The molecule has 0 aliphatic heterocycles. The predicted molar refractivity (Wildman–Crippen MR) is 66.5 cm³/mol. The fourth-order valence-corrected chi connectivity index (χ4v) is 2.78. The second-order valence-electron chi connectivity index (χ2n) is 3.73. The molecule has 1 nitrogen and oxygen atoms in total. The highest BCUT2D eigenvalue weighted by Gasteiger charge is 2.19. The first-order valence-corrected chi connectivity index (χ1v) is 6.20. The molecule has 1 heterocycles. The summed E-state index contributed by atoms with van der Waals surface area (Å²) in [5.41, 5.74) is 6.57. The molecular formula is C12H10ClF2NS. The van der Waals surface area contributed by atoms with Gasteiger partial charge in [-0.2, -0.15) is 0 Å². The van der Waals surface area contributed by atoms with Gasteiger partial charge in [0.05, 0.1) is 11.1 Å². The van der Waals surface area contributed by atoms with Crippen LogP contribution in [-0.4, -0.2) is 0 Å². The number of halogens is 3. The van der Waals surface area contributed by atoms with Gasteiger partial charge < -0.3 is 5.73 Å². The Morgan fingerprint density at radius 1 is 1.29 bits per heavy atom. The molecule has 0 bridgehead atoms. The lowest BCUT2D eigenvalue weighted by Gasteiger charge is -2.13. The SMILES string of the molecule is Cc1cc(C(N)c2sccc2Cl)c(F)cc1F. The van der Waals surface area contributed by atoms with Gasteiger partial charge >= 0.3 is 0 Å². The molecule has 0 aliphatic rings. The Hall–Kier alpha value is -0.970. The van der Waals surface area contributed by atoms with Gasteiger partial charge in [-0.1, -0.05) is 11.6 Å². The summed E-state index contributed by atoms with van der Waals surface area (Å²) in [6, 6.07) is 3.31. The maximum atomic E-state index is 13.6. The van der Waals surface area contributed by atoms with E-state index in [0.29, 0.717) is 15.5 Å². The van der Waals surface area contributed by atoms with Crippen LogP contribution in [0.3, 0.4) is 0 Å². The summed E-state index contributed by atoms with van der Waals surface area (Å²) in [6.45, 7) is 1.57. The van der Waals surface area contributed by atoms with Crippen molar-refractivity contribution in [2.45, 2.75) is 13.0 Å². The molecule has 1 aromatic heterocycles. The van der Waals surface area contributed by atoms with Crippen LogP contribution in [0.15, 0.2) is 23.6 Å². The van der Waals surface area contributed by atoms with Crippen LogP contribution in [0.2, 0.25) is 5.02 Å². The Balaban J connectivity index is 2.48. The van der Waals surface area contributed by atoms with E-state index >= 15 is 0 Å². The molecule has 0 fully saturated rings. The lowest BCUT2D eigenvalue weighted by Crippen LogP contribution is -2.13. The smallest absolute Gasteiger partial charge is 0.131 e. The molecule has 0 spiro atoms. The molecule has 0 saturated heterocycles. The number of thiophene rings is 1. The van der Waals surface area contributed by atoms with Gasteiger partial charge in [-0.15, -0.1) is 11.3 Å². The van der Waals surface area contributed by atoms with Crippen LogP contribution in [-0.2, 0) is 0 Å². The van der Waals surface area contributed by atoms with Crippen LogP contribution in [0.1, 0.15) is 22.0 Å². The molecule has 2 rings (SSSR count). The summed E-state index contributed by atoms with van der Waals surface area (Å²) < 4.78 is 26.8. The van der Waals surface area contributed by atoms with Crippen LogP contribution in [0.4, 0.5) is 8.78 Å². The predicted octanol–water partition coefficient (Wildman–Crippen LogP) is 4.04. The van der Waals surface area contributed by atoms with E-state index in [1.54, 1.807) is 18.4 Å². The molecule has 2 N–H and O–H groups in total. The normalized spacial score (nSPS) is 12.8. The zero-order valence-corrected chi connectivity index (χ0v) is 10.6. The number of hydrogen-bond donors (Lipinski definition) is 1. The average Bonchev–Trinajstić information content (AvgIpc) is 2.69. The summed E-state index contributed by atoms with van der Waals surface area (Å²) in [5.74, 6) is -1.22. The average molecular weight is 274 g/mol. The van der Waals surface area contributed by atoms with Crippen molar-refractivity contribution in [2.75, 3.05) is 0 Å². The molecule has 0 saturated carbocycles. The Morgan fingerprint density at radius 3 is 2.59 bits per heavy atom. The van der Waals surface area contributed by atoms with Gasteiger partial charge in [0.25, 0.3) is 0 Å². The van der Waals surface area contributed by atoms with Gasteiger partial charge in [-0.05, 0) is 30.0 Å². The maximum absolute atomic E-state index is 13.6. The fourth-order valence-electron chi connectivity index (χ4n) is 1.59. The van der Waals surface area contributed by atoms with Crippen LogP contribution in [0.25, 0.3) is 0 Å². The van der Waals surface area contributed by atoms with Crippen molar-refractivity contribution in [1.29, 1.82) is 0 Å². The third-order valence-corrected chi connectivity index (χ3v) is 3.98. The number of benzene rings is 1. The van der Waals surface area contributed by atoms with Crippen LogP contribution >= 0.6 is 22.9 Å². The second-order valence-corrected chi connectivity index (χ2v) is 5.09. The highest BCUT2D eigenvalue weighted by molar-refractivity contribution is 7.10. The molecule has 0 aliphatic carbocycles. The van der Waals surface area contributed by atoms with Crippen molar-refractivity contribution in [3.05, 3.63) is 56.2 Å². The molecule has 2 aromatic rings. The number of nitrogens with two attached hydrogens (primary N) is 1. The third-order valence-electron chi connectivity index (χ3n) is 2.54. The zero-order valence-electron chi connectivity index (χ0n) is 9.01. The van der Waals surface area contributed by atoms with E-state index in [1.165, 1.54) is 17.4 Å². The Morgan fingerprint density at radius 2 is 2.00 bits per heavy atom. The van der Waals surface area contributed by atoms with Gasteiger partial charge in [0, 0.05) is 16.5 Å². The molecule has 0 amide bonds. The van der Waals surface area contributed by atoms with Crippen molar-refractivity contribution in [2.24, 2.45) is 5.73 Å². The molecule has 5 heteroatoms. The van der Waals surface area contributed by atoms with Crippen molar-refractivity contribution < 1.29 is 8.78 Å². The monoisotopic (exact) mass is 273 g/mol. The van der Waals surface area contributed by atoms with E-state index in [4.69, 9.17) is 17.3 Å². The largest absolute Gasteiger partial charge is 0.319 e. The lowest BCUT2D eigenvalue weighted by atomic mass is 10.0. The Bertz CT molecular complexity index is 553. The maximum Gasteiger partial charge on any atom is 0.131 e. The molecule has 1 atom stereocenters. The first-order chi connectivity index (χ1) is 8.00. The summed E-state index contributed by atoms with van der Waals surface area (Å²) in [5, 5.41) is 2.29. The second kappa shape index (κ2) is 4.72. The van der Waals surface area contributed by atoms with E-state index in [9.17, 15) is 8.78 Å². The minimum Gasteiger partial charge on any atom is -0.319 e. The minimum absolute atomic E-state index is 0.258. The first-order valence-electron chi connectivity index (χ1n) is 4.94. The molecule has 1 unspecified atom stereocenters. The summed E-state index contributed by atoms with van der Waals surface area (Å²) in [4.78, 5) is 0.677. The number of hydrogen-bond acceptors (Lipinski definition) is 2. The Kier molecular flexibility index (Phi) is 3.47. The molecule has 1 aromatic carbocycles. The van der Waals surface area contributed by atoms with E-state index in [2.05, 4.69) is 0 Å². The number of aryl methyl sites for hydroxylation is 1. The van der Waals surface area contributed by atoms with Gasteiger partial charge in [0.2, 0.25) is 0 Å². The zero-order chi connectivity index (χ0) is 12.6. The highest BCUT2D eigenvalue weighted by Crippen LogP contribution is 2.32. The van der Waals surface area contributed by atoms with E-state index < -0.39 is 17.7 Å². The van der Waals surface area contributed by atoms with Crippen LogP contribution in [0, 0.1) is 18.6 Å². The van der Waals surface area contributed by atoms with Crippen molar-refractivity contribution >= 4 is 22.9 Å². The first kappa shape index (κ1) is 12.5. The Labute approximate surface area is 107 Å². The van der Waals surface area contributed by atoms with E-state index in [-0.39, 0.29) is 5.56 Å².